The van der Waals surface area contributed by atoms with Gasteiger partial charge in [0.2, 0.25) is 0 Å². The van der Waals surface area contributed by atoms with Gasteiger partial charge in [0.25, 0.3) is 5.56 Å². The smallest absolute Gasteiger partial charge is 0.274 e. The molecule has 1 aliphatic rings. The lowest BCUT2D eigenvalue weighted by Crippen LogP contribution is -2.41. The van der Waals surface area contributed by atoms with Crippen LogP contribution < -0.4 is 10.9 Å². The summed E-state index contributed by atoms with van der Waals surface area (Å²) in [5.74, 6) is 0.445. The lowest BCUT2D eigenvalue weighted by molar-refractivity contribution is 0.174. The van der Waals surface area contributed by atoms with Gasteiger partial charge in [-0.25, -0.2) is 4.68 Å². The number of nitrogens with one attached hydrogen (secondary N) is 1. The Hall–Kier alpha value is -1.72. The number of aromatic nitrogens is 2. The van der Waals surface area contributed by atoms with E-state index < -0.39 is 0 Å². The van der Waals surface area contributed by atoms with E-state index in [1.807, 2.05) is 31.3 Å². The summed E-state index contributed by atoms with van der Waals surface area (Å²) in [6.07, 6.45) is 2.79. The van der Waals surface area contributed by atoms with E-state index in [9.17, 15) is 4.79 Å². The van der Waals surface area contributed by atoms with E-state index in [-0.39, 0.29) is 11.6 Å². The lowest BCUT2D eigenvalue weighted by Gasteiger charge is -2.22. The summed E-state index contributed by atoms with van der Waals surface area (Å²) in [5.41, 5.74) is -0.0257. The van der Waals surface area contributed by atoms with Crippen molar-refractivity contribution in [2.75, 3.05) is 20.3 Å². The Morgan fingerprint density at radius 3 is 3.10 bits per heavy atom. The summed E-state index contributed by atoms with van der Waals surface area (Å²) >= 11 is 0. The zero-order chi connectivity index (χ0) is 13.9. The molecule has 2 heterocycles. The molecule has 106 valence electrons. The Bertz CT molecular complexity index is 647. The number of hydrogen-bond acceptors (Lipinski definition) is 4. The molecule has 1 aliphatic heterocycles. The Morgan fingerprint density at radius 2 is 2.35 bits per heavy atom. The van der Waals surface area contributed by atoms with E-state index >= 15 is 0 Å². The average molecular weight is 273 g/mol. The number of benzene rings is 1. The SMILES string of the molecule is CNC(Cn1ncc2ccccc2c1=O)C1CCOC1. The third kappa shape index (κ3) is 2.46. The fourth-order valence-corrected chi connectivity index (χ4v) is 2.79. The second-order valence-electron chi connectivity index (χ2n) is 5.24. The maximum absolute atomic E-state index is 12.4. The van der Waals surface area contributed by atoms with Crippen LogP contribution in [0.1, 0.15) is 6.42 Å². The van der Waals surface area contributed by atoms with Crippen molar-refractivity contribution in [1.82, 2.24) is 15.1 Å². The topological polar surface area (TPSA) is 56.2 Å². The van der Waals surface area contributed by atoms with Crippen LogP contribution in [0.15, 0.2) is 35.3 Å². The van der Waals surface area contributed by atoms with Gasteiger partial charge in [0, 0.05) is 24.0 Å². The summed E-state index contributed by atoms with van der Waals surface area (Å²) in [5, 5.41) is 9.19. The van der Waals surface area contributed by atoms with Gasteiger partial charge in [-0.15, -0.1) is 0 Å². The first kappa shape index (κ1) is 13.3. The predicted molar refractivity (Wildman–Crippen MR) is 77.8 cm³/mol. The second-order valence-corrected chi connectivity index (χ2v) is 5.24. The third-order valence-corrected chi connectivity index (χ3v) is 4.04. The van der Waals surface area contributed by atoms with Crippen molar-refractivity contribution in [3.63, 3.8) is 0 Å². The third-order valence-electron chi connectivity index (χ3n) is 4.04. The molecule has 0 radical (unpaired) electrons. The molecule has 5 nitrogen and oxygen atoms in total. The van der Waals surface area contributed by atoms with Crippen LogP contribution in [0.2, 0.25) is 0 Å². The molecule has 0 bridgehead atoms. The molecule has 0 amide bonds. The number of nitrogens with zero attached hydrogens (tertiary/aromatic N) is 2. The molecule has 2 unspecified atom stereocenters. The molecule has 1 aromatic heterocycles. The van der Waals surface area contributed by atoms with Crippen molar-refractivity contribution < 1.29 is 4.74 Å². The van der Waals surface area contributed by atoms with Crippen molar-refractivity contribution in [2.24, 2.45) is 5.92 Å². The highest BCUT2D eigenvalue weighted by Gasteiger charge is 2.25. The highest BCUT2D eigenvalue weighted by Crippen LogP contribution is 2.17. The monoisotopic (exact) mass is 273 g/mol. The molecule has 1 aromatic carbocycles. The molecule has 0 saturated carbocycles. The maximum Gasteiger partial charge on any atom is 0.274 e. The van der Waals surface area contributed by atoms with Crippen LogP contribution in [0, 0.1) is 5.92 Å². The zero-order valence-corrected chi connectivity index (χ0v) is 11.6. The molecule has 0 spiro atoms. The van der Waals surface area contributed by atoms with E-state index in [1.54, 1.807) is 10.9 Å². The molecule has 0 aliphatic carbocycles. The Balaban J connectivity index is 1.90. The van der Waals surface area contributed by atoms with Crippen molar-refractivity contribution in [3.8, 4) is 0 Å². The van der Waals surface area contributed by atoms with Crippen LogP contribution in [0.25, 0.3) is 10.8 Å². The second kappa shape index (κ2) is 5.73. The molecule has 1 saturated heterocycles. The number of fused-ring (bicyclic) bond motifs is 1. The zero-order valence-electron chi connectivity index (χ0n) is 11.6. The van der Waals surface area contributed by atoms with E-state index in [4.69, 9.17) is 4.74 Å². The van der Waals surface area contributed by atoms with Gasteiger partial charge in [0.15, 0.2) is 0 Å². The van der Waals surface area contributed by atoms with Gasteiger partial charge in [0.1, 0.15) is 0 Å². The van der Waals surface area contributed by atoms with E-state index in [2.05, 4.69) is 10.4 Å². The fraction of sp³-hybridized carbons (Fsp3) is 0.467. The largest absolute Gasteiger partial charge is 0.381 e. The van der Waals surface area contributed by atoms with Gasteiger partial charge in [-0.05, 0) is 19.5 Å². The minimum Gasteiger partial charge on any atom is -0.381 e. The van der Waals surface area contributed by atoms with Crippen molar-refractivity contribution in [1.29, 1.82) is 0 Å². The number of hydrogen-bond donors (Lipinski definition) is 1. The maximum atomic E-state index is 12.4. The molecule has 5 heteroatoms. The normalized spacial score (nSPS) is 20.4. The summed E-state index contributed by atoms with van der Waals surface area (Å²) in [7, 11) is 1.93. The minimum atomic E-state index is -0.0257. The lowest BCUT2D eigenvalue weighted by atomic mass is 9.99. The Labute approximate surface area is 117 Å². The molecule has 3 rings (SSSR count). The van der Waals surface area contributed by atoms with Crippen LogP contribution in [0.3, 0.4) is 0 Å². The van der Waals surface area contributed by atoms with Crippen LogP contribution in [-0.2, 0) is 11.3 Å². The molecule has 20 heavy (non-hydrogen) atoms. The standard InChI is InChI=1S/C15H19N3O2/c1-16-14(12-6-7-20-10-12)9-18-15(19)13-5-3-2-4-11(13)8-17-18/h2-5,8,12,14,16H,6-7,9-10H2,1H3. The van der Waals surface area contributed by atoms with Crippen molar-refractivity contribution >= 4 is 10.8 Å². The molecular weight excluding hydrogens is 254 g/mol. The fourth-order valence-electron chi connectivity index (χ4n) is 2.79. The van der Waals surface area contributed by atoms with Gasteiger partial charge in [-0.1, -0.05) is 18.2 Å². The van der Waals surface area contributed by atoms with Gasteiger partial charge < -0.3 is 10.1 Å². The van der Waals surface area contributed by atoms with Gasteiger partial charge >= 0.3 is 0 Å². The molecular formula is C15H19N3O2. The number of ether oxygens (including phenoxy) is 1. The molecule has 1 N–H and O–H groups in total. The first-order chi connectivity index (χ1) is 9.79. The van der Waals surface area contributed by atoms with Crippen molar-refractivity contribution in [3.05, 3.63) is 40.8 Å². The summed E-state index contributed by atoms with van der Waals surface area (Å²) in [6, 6.07) is 7.77. The van der Waals surface area contributed by atoms with Gasteiger partial charge in [0.05, 0.1) is 24.7 Å². The quantitative estimate of drug-likeness (QED) is 0.903. The highest BCUT2D eigenvalue weighted by molar-refractivity contribution is 5.80. The highest BCUT2D eigenvalue weighted by atomic mass is 16.5. The first-order valence-electron chi connectivity index (χ1n) is 6.99. The number of likely N-dealkylation sites (N-methyl/N-ethyl adjacent to an activating group) is 1. The molecule has 2 atom stereocenters. The van der Waals surface area contributed by atoms with Crippen LogP contribution in [0.5, 0.6) is 0 Å². The van der Waals surface area contributed by atoms with E-state index in [0.29, 0.717) is 12.5 Å². The Morgan fingerprint density at radius 1 is 1.50 bits per heavy atom. The predicted octanol–water partition coefficient (Wildman–Crippen LogP) is 1.02. The average Bonchev–Trinajstić information content (AvgIpc) is 3.01. The first-order valence-corrected chi connectivity index (χ1v) is 6.99. The molecule has 2 aromatic rings. The van der Waals surface area contributed by atoms with Crippen LogP contribution >= 0.6 is 0 Å². The van der Waals surface area contributed by atoms with Crippen LogP contribution in [0.4, 0.5) is 0 Å². The van der Waals surface area contributed by atoms with E-state index in [0.717, 1.165) is 30.4 Å². The summed E-state index contributed by atoms with van der Waals surface area (Å²) in [6.45, 7) is 2.14. The number of rotatable bonds is 4. The van der Waals surface area contributed by atoms with Crippen molar-refractivity contribution in [2.45, 2.75) is 19.0 Å². The van der Waals surface area contributed by atoms with E-state index in [1.165, 1.54) is 0 Å². The molecule has 1 fully saturated rings. The van der Waals surface area contributed by atoms with Gasteiger partial charge in [-0.2, -0.15) is 5.10 Å². The summed E-state index contributed by atoms with van der Waals surface area (Å²) in [4.78, 5) is 12.4. The minimum absolute atomic E-state index is 0.0257. The van der Waals surface area contributed by atoms with Gasteiger partial charge in [-0.3, -0.25) is 4.79 Å². The Kier molecular flexibility index (Phi) is 3.80. The van der Waals surface area contributed by atoms with Crippen LogP contribution in [-0.4, -0.2) is 36.1 Å². The summed E-state index contributed by atoms with van der Waals surface area (Å²) < 4.78 is 6.99.